The third-order valence-corrected chi connectivity index (χ3v) is 5.75. The number of aromatic nitrogens is 1. The van der Waals surface area contributed by atoms with Crippen LogP contribution in [-0.2, 0) is 22.6 Å². The predicted octanol–water partition coefficient (Wildman–Crippen LogP) is 4.76. The number of allylic oxidation sites excluding steroid dienone is 1. The Morgan fingerprint density at radius 3 is 2.41 bits per heavy atom. The van der Waals surface area contributed by atoms with Gasteiger partial charge in [-0.1, -0.05) is 51.1 Å². The maximum absolute atomic E-state index is 13.0. The summed E-state index contributed by atoms with van der Waals surface area (Å²) in [4.78, 5) is 37.1. The minimum absolute atomic E-state index is 0.0318. The number of non-ortho nitro benzene ring substituents is 1. The lowest BCUT2D eigenvalue weighted by atomic mass is 9.81. The molecule has 0 aliphatic rings. The Balaban J connectivity index is 1.98. The smallest absolute Gasteiger partial charge is 0.328 e. The predicted molar refractivity (Wildman–Crippen MR) is 131 cm³/mol. The van der Waals surface area contributed by atoms with Gasteiger partial charge in [0.1, 0.15) is 6.54 Å². The number of hydrogen-bond acceptors (Lipinski definition) is 4. The van der Waals surface area contributed by atoms with E-state index in [2.05, 4.69) is 0 Å². The number of amides is 1. The highest BCUT2D eigenvalue weighted by atomic mass is 16.6. The molecule has 0 saturated heterocycles. The average Bonchev–Trinajstić information content (AvgIpc) is 3.12. The fourth-order valence-electron chi connectivity index (χ4n) is 3.90. The van der Waals surface area contributed by atoms with Gasteiger partial charge < -0.3 is 14.6 Å². The van der Waals surface area contributed by atoms with Gasteiger partial charge in [-0.15, -0.1) is 0 Å². The number of nitro groups is 1. The Morgan fingerprint density at radius 2 is 1.82 bits per heavy atom. The quantitative estimate of drug-likeness (QED) is 0.294. The highest BCUT2D eigenvalue weighted by Gasteiger charge is 2.25. The van der Waals surface area contributed by atoms with Crippen LogP contribution < -0.4 is 0 Å². The van der Waals surface area contributed by atoms with E-state index in [1.165, 1.54) is 12.1 Å². The molecule has 1 aromatic heterocycles. The van der Waals surface area contributed by atoms with Crippen LogP contribution in [0.4, 0.5) is 5.69 Å². The second-order valence-corrected chi connectivity index (χ2v) is 9.33. The van der Waals surface area contributed by atoms with E-state index in [4.69, 9.17) is 0 Å². The normalized spacial score (nSPS) is 12.1. The monoisotopic (exact) mass is 463 g/mol. The molecular formula is C26H29N3O5. The third-order valence-electron chi connectivity index (χ3n) is 5.75. The molecule has 8 nitrogen and oxygen atoms in total. The Hall–Kier alpha value is -3.94. The Morgan fingerprint density at radius 1 is 1.15 bits per heavy atom. The minimum atomic E-state index is -1.10. The molecule has 0 saturated carbocycles. The molecule has 0 aliphatic heterocycles. The van der Waals surface area contributed by atoms with Gasteiger partial charge in [0.2, 0.25) is 5.91 Å². The first-order valence-corrected chi connectivity index (χ1v) is 11.0. The molecule has 2 aromatic carbocycles. The molecule has 1 N–H and O–H groups in total. The first kappa shape index (κ1) is 24.7. The van der Waals surface area contributed by atoms with Crippen molar-refractivity contribution in [1.29, 1.82) is 0 Å². The third kappa shape index (κ3) is 5.70. The number of carbonyl (C=O) groups is 2. The van der Waals surface area contributed by atoms with Gasteiger partial charge in [0, 0.05) is 54.5 Å². The molecule has 0 unspecified atom stereocenters. The molecule has 0 aliphatic carbocycles. The zero-order valence-corrected chi connectivity index (χ0v) is 19.8. The summed E-state index contributed by atoms with van der Waals surface area (Å²) in [5, 5.41) is 21.4. The Bertz CT molecular complexity index is 1250. The number of hydrogen-bond donors (Lipinski definition) is 1. The molecule has 178 valence electrons. The Labute approximate surface area is 198 Å². The summed E-state index contributed by atoms with van der Waals surface area (Å²) in [5.41, 5.74) is 2.21. The molecule has 0 radical (unpaired) electrons. The van der Waals surface area contributed by atoms with E-state index in [-0.39, 0.29) is 18.1 Å². The highest BCUT2D eigenvalue weighted by Crippen LogP contribution is 2.39. The van der Waals surface area contributed by atoms with Crippen molar-refractivity contribution in [2.45, 2.75) is 33.7 Å². The van der Waals surface area contributed by atoms with E-state index >= 15 is 0 Å². The summed E-state index contributed by atoms with van der Waals surface area (Å²) >= 11 is 0. The topological polar surface area (TPSA) is 106 Å². The maximum atomic E-state index is 13.0. The van der Waals surface area contributed by atoms with Crippen LogP contribution in [0.15, 0.2) is 60.8 Å². The zero-order valence-electron chi connectivity index (χ0n) is 19.8. The fourth-order valence-corrected chi connectivity index (χ4v) is 3.90. The van der Waals surface area contributed by atoms with Crippen LogP contribution in [-0.4, -0.2) is 45.0 Å². The molecule has 0 fully saturated rings. The summed E-state index contributed by atoms with van der Waals surface area (Å²) in [6, 6.07) is 14.3. The number of rotatable bonds is 8. The summed E-state index contributed by atoms with van der Waals surface area (Å²) < 4.78 is 1.73. The molecule has 1 heterocycles. The van der Waals surface area contributed by atoms with Crippen molar-refractivity contribution in [3.63, 3.8) is 0 Å². The molecule has 1 amide bonds. The zero-order chi connectivity index (χ0) is 25.0. The molecule has 34 heavy (non-hydrogen) atoms. The minimum Gasteiger partial charge on any atom is -0.478 e. The number of carboxylic acids is 1. The van der Waals surface area contributed by atoms with E-state index in [0.29, 0.717) is 28.6 Å². The van der Waals surface area contributed by atoms with Crippen molar-refractivity contribution >= 4 is 34.0 Å². The number of nitrogens with zero attached hydrogens (tertiary/aromatic N) is 3. The van der Waals surface area contributed by atoms with Crippen molar-refractivity contribution in [3.8, 4) is 0 Å². The standard InChI is InChI=1S/C26H29N3O5/c1-26(2,3)22(15-25(31)32)21-16-28(23-11-10-19(29(33)34)14-20(21)23)17-24(30)27(4)13-12-18-8-6-5-7-9-18/h5-11,14-16H,12-13,17H2,1-4H3,(H,31,32)/b22-15+. The molecular weight excluding hydrogens is 434 g/mol. The molecule has 0 atom stereocenters. The fraction of sp³-hybridized carbons (Fsp3) is 0.308. The molecule has 8 heteroatoms. The van der Waals surface area contributed by atoms with Crippen LogP contribution in [0.1, 0.15) is 31.9 Å². The van der Waals surface area contributed by atoms with E-state index in [0.717, 1.165) is 18.1 Å². The number of carbonyl (C=O) groups excluding carboxylic acids is 1. The lowest BCUT2D eigenvalue weighted by Gasteiger charge is -2.22. The highest BCUT2D eigenvalue weighted by molar-refractivity contribution is 6.00. The number of nitro benzene ring substituents is 1. The summed E-state index contributed by atoms with van der Waals surface area (Å²) in [6.45, 7) is 6.22. The lowest BCUT2D eigenvalue weighted by Crippen LogP contribution is -2.31. The van der Waals surface area contributed by atoms with Gasteiger partial charge in [-0.2, -0.15) is 0 Å². The molecule has 0 spiro atoms. The number of fused-ring (bicyclic) bond motifs is 1. The van der Waals surface area contributed by atoms with Crippen molar-refractivity contribution < 1.29 is 19.6 Å². The summed E-state index contributed by atoms with van der Waals surface area (Å²) in [5.74, 6) is -1.22. The van der Waals surface area contributed by atoms with Crippen LogP contribution in [0, 0.1) is 15.5 Å². The van der Waals surface area contributed by atoms with Crippen LogP contribution >= 0.6 is 0 Å². The van der Waals surface area contributed by atoms with Gasteiger partial charge >= 0.3 is 5.97 Å². The van der Waals surface area contributed by atoms with E-state index < -0.39 is 16.3 Å². The van der Waals surface area contributed by atoms with Crippen molar-refractivity contribution in [2.24, 2.45) is 5.41 Å². The largest absolute Gasteiger partial charge is 0.478 e. The van der Waals surface area contributed by atoms with Gasteiger partial charge in [0.05, 0.1) is 4.92 Å². The first-order valence-electron chi connectivity index (χ1n) is 11.0. The maximum Gasteiger partial charge on any atom is 0.328 e. The van der Waals surface area contributed by atoms with Crippen molar-refractivity contribution in [2.75, 3.05) is 13.6 Å². The average molecular weight is 464 g/mol. The molecule has 0 bridgehead atoms. The lowest BCUT2D eigenvalue weighted by molar-refractivity contribution is -0.384. The van der Waals surface area contributed by atoms with Gasteiger partial charge in [0.15, 0.2) is 0 Å². The van der Waals surface area contributed by atoms with Gasteiger partial charge in [-0.3, -0.25) is 14.9 Å². The van der Waals surface area contributed by atoms with Crippen LogP contribution in [0.5, 0.6) is 0 Å². The van der Waals surface area contributed by atoms with Crippen molar-refractivity contribution in [1.82, 2.24) is 9.47 Å². The van der Waals surface area contributed by atoms with E-state index in [1.54, 1.807) is 28.8 Å². The van der Waals surface area contributed by atoms with Crippen molar-refractivity contribution in [3.05, 3.63) is 82.0 Å². The number of aliphatic carboxylic acids is 1. The second kappa shape index (κ2) is 9.91. The number of carboxylic acid groups (broad SMARTS) is 1. The first-order chi connectivity index (χ1) is 16.0. The summed E-state index contributed by atoms with van der Waals surface area (Å²) in [6.07, 6.45) is 3.57. The van der Waals surface area contributed by atoms with Crippen LogP contribution in [0.3, 0.4) is 0 Å². The van der Waals surface area contributed by atoms with Crippen LogP contribution in [0.2, 0.25) is 0 Å². The second-order valence-electron chi connectivity index (χ2n) is 9.33. The SMILES string of the molecule is CN(CCc1ccccc1)C(=O)Cn1cc(/C(=C\C(=O)O)C(C)(C)C)c2cc([N+](=O)[O-])ccc21. The van der Waals surface area contributed by atoms with Crippen LogP contribution in [0.25, 0.3) is 16.5 Å². The van der Waals surface area contributed by atoms with E-state index in [1.807, 2.05) is 51.1 Å². The molecule has 3 aromatic rings. The summed E-state index contributed by atoms with van der Waals surface area (Å²) in [7, 11) is 1.74. The number of likely N-dealkylation sites (N-methyl/N-ethyl adjacent to an activating group) is 1. The molecule has 3 rings (SSSR count). The Kier molecular flexibility index (Phi) is 7.20. The van der Waals surface area contributed by atoms with Gasteiger partial charge in [0.25, 0.3) is 5.69 Å². The van der Waals surface area contributed by atoms with Gasteiger partial charge in [-0.05, 0) is 29.0 Å². The van der Waals surface area contributed by atoms with E-state index in [9.17, 15) is 24.8 Å². The van der Waals surface area contributed by atoms with Gasteiger partial charge in [-0.25, -0.2) is 4.79 Å². The number of benzene rings is 2.